The van der Waals surface area contributed by atoms with E-state index in [1.54, 1.807) is 0 Å². The van der Waals surface area contributed by atoms with E-state index in [-0.39, 0.29) is 5.41 Å². The largest absolute Gasteiger partial charge is 0.393 e. The fraction of sp³-hybridized carbons (Fsp3) is 0.500. The Labute approximate surface area is 119 Å². The molecule has 4 heteroatoms. The molecule has 0 radical (unpaired) electrons. The van der Waals surface area contributed by atoms with Crippen LogP contribution in [0.5, 0.6) is 0 Å². The molecule has 1 heterocycles. The Balaban J connectivity index is 2.16. The van der Waals surface area contributed by atoms with Crippen LogP contribution in [0.4, 0.5) is 0 Å². The third-order valence-corrected chi connectivity index (χ3v) is 3.55. The lowest BCUT2D eigenvalue weighted by atomic mass is 9.84. The van der Waals surface area contributed by atoms with Gasteiger partial charge in [0.05, 0.1) is 17.9 Å². The van der Waals surface area contributed by atoms with E-state index in [9.17, 15) is 5.11 Å². The normalized spacial score (nSPS) is 13.4. The lowest BCUT2D eigenvalue weighted by Gasteiger charge is -2.20. The minimum atomic E-state index is -0.409. The molecule has 0 aliphatic heterocycles. The van der Waals surface area contributed by atoms with Crippen LogP contribution in [-0.2, 0) is 11.8 Å². The summed E-state index contributed by atoms with van der Waals surface area (Å²) in [5.41, 5.74) is 0.833. The zero-order valence-corrected chi connectivity index (χ0v) is 12.3. The quantitative estimate of drug-likeness (QED) is 0.879. The van der Waals surface area contributed by atoms with Gasteiger partial charge in [-0.25, -0.2) is 0 Å². The van der Waals surface area contributed by atoms with Crippen molar-refractivity contribution in [3.05, 3.63) is 47.6 Å². The van der Waals surface area contributed by atoms with Crippen LogP contribution in [0.2, 0.25) is 0 Å². The van der Waals surface area contributed by atoms with Gasteiger partial charge in [0.2, 0.25) is 5.89 Å². The molecule has 1 atom stereocenters. The smallest absolute Gasteiger partial charge is 0.229 e. The SMILES string of the molecule is CCCC(O)Cc1nc(C(C)(C)c2ccccc2)no1. The number of hydrogen-bond acceptors (Lipinski definition) is 4. The first-order valence-electron chi connectivity index (χ1n) is 7.10. The van der Waals surface area contributed by atoms with Crippen molar-refractivity contribution < 1.29 is 9.63 Å². The number of benzene rings is 1. The molecule has 2 aromatic rings. The van der Waals surface area contributed by atoms with Crippen LogP contribution in [0.1, 0.15) is 50.9 Å². The molecular weight excluding hydrogens is 252 g/mol. The van der Waals surface area contributed by atoms with Crippen LogP contribution in [-0.4, -0.2) is 21.4 Å². The van der Waals surface area contributed by atoms with E-state index >= 15 is 0 Å². The maximum Gasteiger partial charge on any atom is 0.229 e. The van der Waals surface area contributed by atoms with Gasteiger partial charge in [0, 0.05) is 0 Å². The molecule has 1 N–H and O–H groups in total. The molecule has 1 aromatic carbocycles. The summed E-state index contributed by atoms with van der Waals surface area (Å²) in [6, 6.07) is 10.1. The fourth-order valence-electron chi connectivity index (χ4n) is 2.21. The van der Waals surface area contributed by atoms with Crippen LogP contribution < -0.4 is 0 Å². The number of nitrogens with zero attached hydrogens (tertiary/aromatic N) is 2. The van der Waals surface area contributed by atoms with Gasteiger partial charge in [-0.1, -0.05) is 48.8 Å². The first kappa shape index (κ1) is 14.7. The summed E-state index contributed by atoms with van der Waals surface area (Å²) in [5.74, 6) is 1.16. The van der Waals surface area contributed by atoms with E-state index in [2.05, 4.69) is 36.1 Å². The highest BCUT2D eigenvalue weighted by Crippen LogP contribution is 2.29. The number of hydrogen-bond donors (Lipinski definition) is 1. The number of rotatable bonds is 6. The van der Waals surface area contributed by atoms with E-state index < -0.39 is 6.10 Å². The Morgan fingerprint density at radius 2 is 1.95 bits per heavy atom. The van der Waals surface area contributed by atoms with Gasteiger partial charge in [-0.3, -0.25) is 0 Å². The maximum atomic E-state index is 9.80. The molecule has 20 heavy (non-hydrogen) atoms. The van der Waals surface area contributed by atoms with E-state index in [0.29, 0.717) is 18.1 Å². The van der Waals surface area contributed by atoms with Crippen LogP contribution in [0.25, 0.3) is 0 Å². The van der Waals surface area contributed by atoms with Gasteiger partial charge in [0.25, 0.3) is 0 Å². The molecule has 0 aliphatic rings. The van der Waals surface area contributed by atoms with Crippen LogP contribution in [0.15, 0.2) is 34.9 Å². The molecule has 0 bridgehead atoms. The van der Waals surface area contributed by atoms with Crippen molar-refractivity contribution in [3.8, 4) is 0 Å². The van der Waals surface area contributed by atoms with E-state index in [0.717, 1.165) is 18.4 Å². The summed E-state index contributed by atoms with van der Waals surface area (Å²) in [4.78, 5) is 4.44. The van der Waals surface area contributed by atoms with Crippen molar-refractivity contribution in [1.82, 2.24) is 10.1 Å². The van der Waals surface area contributed by atoms with Crippen LogP contribution >= 0.6 is 0 Å². The Morgan fingerprint density at radius 3 is 2.60 bits per heavy atom. The second-order valence-corrected chi connectivity index (χ2v) is 5.65. The maximum absolute atomic E-state index is 9.80. The molecular formula is C16H22N2O2. The molecule has 1 unspecified atom stereocenters. The van der Waals surface area contributed by atoms with Gasteiger partial charge in [0.1, 0.15) is 0 Å². The monoisotopic (exact) mass is 274 g/mol. The Kier molecular flexibility index (Phi) is 4.55. The van der Waals surface area contributed by atoms with E-state index in [1.807, 2.05) is 25.1 Å². The van der Waals surface area contributed by atoms with E-state index in [1.165, 1.54) is 0 Å². The summed E-state index contributed by atoms with van der Waals surface area (Å²) < 4.78 is 5.27. The van der Waals surface area contributed by atoms with Gasteiger partial charge in [0.15, 0.2) is 5.82 Å². The van der Waals surface area contributed by atoms with Gasteiger partial charge >= 0.3 is 0 Å². The first-order chi connectivity index (χ1) is 9.54. The summed E-state index contributed by atoms with van der Waals surface area (Å²) in [7, 11) is 0. The van der Waals surface area contributed by atoms with Crippen molar-refractivity contribution in [3.63, 3.8) is 0 Å². The molecule has 1 aromatic heterocycles. The third kappa shape index (κ3) is 3.25. The summed E-state index contributed by atoms with van der Waals surface area (Å²) in [5, 5.41) is 13.9. The highest BCUT2D eigenvalue weighted by Gasteiger charge is 2.29. The summed E-state index contributed by atoms with van der Waals surface area (Å²) in [6.07, 6.45) is 1.71. The van der Waals surface area contributed by atoms with Crippen molar-refractivity contribution in [2.45, 2.75) is 51.6 Å². The molecule has 108 valence electrons. The Bertz CT molecular complexity index is 534. The number of aliphatic hydroxyl groups excluding tert-OH is 1. The van der Waals surface area contributed by atoms with Crippen molar-refractivity contribution >= 4 is 0 Å². The molecule has 0 aliphatic carbocycles. The molecule has 0 saturated carbocycles. The highest BCUT2D eigenvalue weighted by molar-refractivity contribution is 5.30. The second-order valence-electron chi connectivity index (χ2n) is 5.65. The number of aromatic nitrogens is 2. The van der Waals surface area contributed by atoms with Crippen molar-refractivity contribution in [1.29, 1.82) is 0 Å². The lowest BCUT2D eigenvalue weighted by Crippen LogP contribution is -2.21. The highest BCUT2D eigenvalue weighted by atomic mass is 16.5. The molecule has 2 rings (SSSR count). The predicted octanol–water partition coefficient (Wildman–Crippen LogP) is 3.10. The van der Waals surface area contributed by atoms with Gasteiger partial charge in [-0.05, 0) is 25.8 Å². The molecule has 0 spiro atoms. The van der Waals surface area contributed by atoms with Crippen LogP contribution in [0, 0.1) is 0 Å². The minimum absolute atomic E-state index is 0.307. The Morgan fingerprint density at radius 1 is 1.25 bits per heavy atom. The first-order valence-corrected chi connectivity index (χ1v) is 7.10. The fourth-order valence-corrected chi connectivity index (χ4v) is 2.21. The third-order valence-electron chi connectivity index (χ3n) is 3.55. The van der Waals surface area contributed by atoms with Gasteiger partial charge in [-0.2, -0.15) is 4.98 Å². The summed E-state index contributed by atoms with van der Waals surface area (Å²) in [6.45, 7) is 6.18. The van der Waals surface area contributed by atoms with Gasteiger partial charge < -0.3 is 9.63 Å². The van der Waals surface area contributed by atoms with Crippen LogP contribution in [0.3, 0.4) is 0 Å². The molecule has 0 saturated heterocycles. The second kappa shape index (κ2) is 6.18. The average molecular weight is 274 g/mol. The average Bonchev–Trinajstić information content (AvgIpc) is 2.89. The topological polar surface area (TPSA) is 59.2 Å². The minimum Gasteiger partial charge on any atom is -0.393 e. The predicted molar refractivity (Wildman–Crippen MR) is 77.5 cm³/mol. The Hall–Kier alpha value is -1.68. The molecule has 4 nitrogen and oxygen atoms in total. The molecule has 0 amide bonds. The standard InChI is InChI=1S/C16H22N2O2/c1-4-8-13(19)11-14-17-15(18-20-14)16(2,3)12-9-6-5-7-10-12/h5-7,9-10,13,19H,4,8,11H2,1-3H3. The number of aliphatic hydroxyl groups is 1. The van der Waals surface area contributed by atoms with Crippen molar-refractivity contribution in [2.75, 3.05) is 0 Å². The lowest BCUT2D eigenvalue weighted by molar-refractivity contribution is 0.151. The zero-order chi connectivity index (χ0) is 14.6. The molecule has 0 fully saturated rings. The van der Waals surface area contributed by atoms with E-state index in [4.69, 9.17) is 4.52 Å². The zero-order valence-electron chi connectivity index (χ0n) is 12.3. The summed E-state index contributed by atoms with van der Waals surface area (Å²) >= 11 is 0. The van der Waals surface area contributed by atoms with Gasteiger partial charge in [-0.15, -0.1) is 0 Å². The van der Waals surface area contributed by atoms with Crippen molar-refractivity contribution in [2.24, 2.45) is 0 Å².